The number of aliphatic imine (C=N–C) groups is 2. The molecule has 0 aromatic heterocycles. The van der Waals surface area contributed by atoms with E-state index in [9.17, 15) is 10.2 Å². The molecule has 2 atom stereocenters. The number of aryl methyl sites for hydroxylation is 2. The summed E-state index contributed by atoms with van der Waals surface area (Å²) in [6, 6.07) is 8.94. The first kappa shape index (κ1) is 45.8. The van der Waals surface area contributed by atoms with Crippen molar-refractivity contribution in [3.8, 4) is 11.5 Å². The normalized spacial score (nSPS) is 16.3. The van der Waals surface area contributed by atoms with Crippen molar-refractivity contribution in [2.45, 2.75) is 156 Å². The zero-order valence-electron chi connectivity index (χ0n) is 31.4. The fourth-order valence-electron chi connectivity index (χ4n) is 5.61. The zero-order chi connectivity index (χ0) is 36.7. The second-order valence-electron chi connectivity index (χ2n) is 14.9. The number of hydrogen-bond acceptors (Lipinski definition) is 8. The standard InChI is InChI=1S/C36H54N2O2.2C2H4O2.Co/c1-9-11-14-25-18-27(33(39)31(20-25)35(3,4)5)23-37-29-16-13-17-30(22-29)38-24-28-19-26(15-12-10-2)21-32(34(28)40)36(6,7)8;2*1-2(3)4;/h18-21,23-24,29-30,39-40H,9-17,22H2,1-8H3;2*1H3,(H,3,4);/q;;;+2/p-2. The quantitative estimate of drug-likeness (QED) is 0.260. The van der Waals surface area contributed by atoms with Gasteiger partial charge in [0.1, 0.15) is 11.5 Å². The molecule has 0 spiro atoms. The Morgan fingerprint density at radius 3 is 1.35 bits per heavy atom. The van der Waals surface area contributed by atoms with Gasteiger partial charge in [-0.25, -0.2) is 0 Å². The first-order valence-electron chi connectivity index (χ1n) is 17.4. The van der Waals surface area contributed by atoms with Crippen molar-refractivity contribution in [2.75, 3.05) is 0 Å². The summed E-state index contributed by atoms with van der Waals surface area (Å²) in [4.78, 5) is 27.7. The number of phenols is 2. The third-order valence-electron chi connectivity index (χ3n) is 8.12. The third kappa shape index (κ3) is 17.4. The number of carbonyl (C=O) groups excluding carboxylic acids is 2. The fraction of sp³-hybridized carbons (Fsp3) is 0.600. The van der Waals surface area contributed by atoms with Gasteiger partial charge in [0.05, 0.1) is 12.1 Å². The van der Waals surface area contributed by atoms with Gasteiger partial charge in [0.2, 0.25) is 0 Å². The Labute approximate surface area is 305 Å². The predicted molar refractivity (Wildman–Crippen MR) is 193 cm³/mol. The van der Waals surface area contributed by atoms with Crippen LogP contribution in [0.1, 0.15) is 154 Å². The minimum Gasteiger partial charge on any atom is -0.550 e. The Morgan fingerprint density at radius 2 is 1.06 bits per heavy atom. The molecule has 2 N–H and O–H groups in total. The van der Waals surface area contributed by atoms with Crippen LogP contribution in [0.5, 0.6) is 11.5 Å². The number of carboxylic acid groups (broad SMARTS) is 2. The SMILES string of the molecule is CC(=O)[O-].CC(=O)[O-].CCCCc1cc(C=NC2CCCC(N=Cc3cc(CCCC)cc(C(C)(C)C)c3O)C2)c(O)c(C(C)(C)C)c1.[Co+2]. The van der Waals surface area contributed by atoms with E-state index in [1.54, 1.807) is 0 Å². The van der Waals surface area contributed by atoms with E-state index in [1.165, 1.54) is 11.1 Å². The van der Waals surface area contributed by atoms with Crippen LogP contribution < -0.4 is 10.2 Å². The Kier molecular flexibility index (Phi) is 20.4. The molecule has 1 aliphatic rings. The number of unbranched alkanes of at least 4 members (excludes halogenated alkanes) is 2. The van der Waals surface area contributed by atoms with Gasteiger partial charge in [-0.2, -0.15) is 0 Å². The van der Waals surface area contributed by atoms with Crippen LogP contribution in [0.2, 0.25) is 0 Å². The Bertz CT molecular complexity index is 1280. The van der Waals surface area contributed by atoms with Crippen LogP contribution in [0.4, 0.5) is 0 Å². The van der Waals surface area contributed by atoms with Crippen LogP contribution in [0.25, 0.3) is 0 Å². The van der Waals surface area contributed by atoms with Crippen LogP contribution in [0.15, 0.2) is 34.3 Å². The van der Waals surface area contributed by atoms with Gasteiger partial charge >= 0.3 is 16.8 Å². The Morgan fingerprint density at radius 1 is 0.735 bits per heavy atom. The van der Waals surface area contributed by atoms with E-state index in [0.29, 0.717) is 11.5 Å². The number of carbonyl (C=O) groups is 2. The van der Waals surface area contributed by atoms with Crippen molar-refractivity contribution in [3.05, 3.63) is 57.6 Å². The summed E-state index contributed by atoms with van der Waals surface area (Å²) in [7, 11) is 0. The minimum absolute atomic E-state index is 0. The number of nitrogens with zero attached hydrogens (tertiary/aromatic N) is 2. The van der Waals surface area contributed by atoms with Gasteiger partial charge in [-0.05, 0) is 99.3 Å². The number of hydrogen-bond donors (Lipinski definition) is 2. The maximum Gasteiger partial charge on any atom is 2.00 e. The van der Waals surface area contributed by atoms with Crippen LogP contribution in [-0.4, -0.2) is 46.7 Å². The van der Waals surface area contributed by atoms with E-state index < -0.39 is 11.9 Å². The first-order chi connectivity index (χ1) is 22.3. The molecule has 9 heteroatoms. The molecule has 0 aliphatic heterocycles. The molecule has 2 aromatic carbocycles. The van der Waals surface area contributed by atoms with E-state index in [4.69, 9.17) is 29.8 Å². The van der Waals surface area contributed by atoms with Gasteiger partial charge in [-0.15, -0.1) is 0 Å². The van der Waals surface area contributed by atoms with Gasteiger partial charge < -0.3 is 30.0 Å². The van der Waals surface area contributed by atoms with E-state index in [0.717, 1.165) is 100 Å². The largest absolute Gasteiger partial charge is 2.00 e. The summed E-state index contributed by atoms with van der Waals surface area (Å²) >= 11 is 0. The average molecular weight is 724 g/mol. The number of aromatic hydroxyl groups is 2. The molecular weight excluding hydrogens is 663 g/mol. The summed E-state index contributed by atoms with van der Waals surface area (Å²) in [5, 5.41) is 40.0. The van der Waals surface area contributed by atoms with Gasteiger partial charge in [0.15, 0.2) is 0 Å². The number of benzene rings is 2. The van der Waals surface area contributed by atoms with E-state index in [1.807, 2.05) is 12.4 Å². The summed E-state index contributed by atoms with van der Waals surface area (Å²) in [6.45, 7) is 19.3. The maximum atomic E-state index is 11.1. The molecule has 2 unspecified atom stereocenters. The molecule has 8 nitrogen and oxygen atoms in total. The molecule has 3 rings (SSSR count). The van der Waals surface area contributed by atoms with Gasteiger partial charge in [0, 0.05) is 46.6 Å². The van der Waals surface area contributed by atoms with Crippen LogP contribution in [0.3, 0.4) is 0 Å². The summed E-state index contributed by atoms with van der Waals surface area (Å²) in [5.41, 5.74) is 5.91. The smallest absolute Gasteiger partial charge is 0.550 e. The third-order valence-corrected chi connectivity index (χ3v) is 8.12. The predicted octanol–water partition coefficient (Wildman–Crippen LogP) is 6.74. The Hall–Kier alpha value is -3.17. The molecule has 0 heterocycles. The van der Waals surface area contributed by atoms with Crippen molar-refractivity contribution < 1.29 is 46.8 Å². The van der Waals surface area contributed by atoms with Crippen LogP contribution in [0, 0.1) is 0 Å². The molecule has 49 heavy (non-hydrogen) atoms. The number of rotatable bonds is 10. The van der Waals surface area contributed by atoms with Gasteiger partial charge in [-0.3, -0.25) is 9.98 Å². The molecule has 0 bridgehead atoms. The molecule has 2 aromatic rings. The first-order valence-corrected chi connectivity index (χ1v) is 17.4. The molecule has 0 amide bonds. The fourth-order valence-corrected chi connectivity index (χ4v) is 5.61. The number of aliphatic carboxylic acids is 2. The maximum absolute atomic E-state index is 11.1. The summed E-state index contributed by atoms with van der Waals surface area (Å²) in [6.07, 6.45) is 14.5. The number of phenolic OH excluding ortho intramolecular Hbond substituents is 2. The summed E-state index contributed by atoms with van der Waals surface area (Å²) < 4.78 is 0. The van der Waals surface area contributed by atoms with Gasteiger partial charge in [-0.1, -0.05) is 80.4 Å². The second kappa shape index (κ2) is 21.8. The van der Waals surface area contributed by atoms with E-state index in [2.05, 4.69) is 79.7 Å². The topological polar surface area (TPSA) is 145 Å². The molecule has 1 radical (unpaired) electrons. The number of carboxylic acids is 2. The summed E-state index contributed by atoms with van der Waals surface area (Å²) in [5.74, 6) is -1.45. The molecular formula is C40H60CoN2O6. The van der Waals surface area contributed by atoms with Crippen molar-refractivity contribution >= 4 is 24.4 Å². The average Bonchev–Trinajstić information content (AvgIpc) is 2.97. The molecule has 1 saturated carbocycles. The van der Waals surface area contributed by atoms with Crippen molar-refractivity contribution in [1.29, 1.82) is 0 Å². The minimum atomic E-state index is -1.08. The molecule has 1 fully saturated rings. The van der Waals surface area contributed by atoms with Gasteiger partial charge in [0.25, 0.3) is 0 Å². The molecule has 1 aliphatic carbocycles. The van der Waals surface area contributed by atoms with E-state index >= 15 is 0 Å². The monoisotopic (exact) mass is 723 g/mol. The zero-order valence-corrected chi connectivity index (χ0v) is 32.5. The van der Waals surface area contributed by atoms with Crippen molar-refractivity contribution in [3.63, 3.8) is 0 Å². The van der Waals surface area contributed by atoms with E-state index in [-0.39, 0.29) is 39.7 Å². The van der Waals surface area contributed by atoms with Crippen molar-refractivity contribution in [1.82, 2.24) is 0 Å². The molecule has 275 valence electrons. The van der Waals surface area contributed by atoms with Crippen LogP contribution in [-0.2, 0) is 50.0 Å². The van der Waals surface area contributed by atoms with Crippen molar-refractivity contribution in [2.24, 2.45) is 9.98 Å². The van der Waals surface area contributed by atoms with Crippen LogP contribution >= 0.6 is 0 Å². The molecule has 0 saturated heterocycles. The Balaban J connectivity index is 0.00000230. The second-order valence-corrected chi connectivity index (χ2v) is 14.9.